The van der Waals surface area contributed by atoms with Crippen LogP contribution in [0.3, 0.4) is 0 Å². The molecule has 2 aromatic rings. The first kappa shape index (κ1) is 25.5. The zero-order chi connectivity index (χ0) is 25.9. The van der Waals surface area contributed by atoms with Crippen molar-refractivity contribution in [2.75, 3.05) is 19.7 Å². The molecule has 3 rings (SSSR count). The highest BCUT2D eigenvalue weighted by molar-refractivity contribution is 5.90. The largest absolute Gasteiger partial charge is 0.478 e. The number of nitro groups is 2. The van der Waals surface area contributed by atoms with Gasteiger partial charge < -0.3 is 14.7 Å². The first-order valence-electron chi connectivity index (χ1n) is 10.6. The number of benzene rings is 2. The molecule has 1 aliphatic rings. The summed E-state index contributed by atoms with van der Waals surface area (Å²) < 4.78 is 18.4. The van der Waals surface area contributed by atoms with Crippen molar-refractivity contribution in [2.45, 2.75) is 32.5 Å². The molecular formula is C22H23FN4O8. The highest BCUT2D eigenvalue weighted by atomic mass is 19.1. The number of rotatable bonds is 8. The number of aromatic carboxylic acids is 1. The van der Waals surface area contributed by atoms with Crippen LogP contribution < -0.4 is 4.74 Å². The maximum absolute atomic E-state index is 13.2. The molecule has 1 aliphatic heterocycles. The van der Waals surface area contributed by atoms with Crippen LogP contribution >= 0.6 is 0 Å². The van der Waals surface area contributed by atoms with E-state index in [4.69, 9.17) is 9.84 Å². The molecule has 1 N–H and O–H groups in total. The van der Waals surface area contributed by atoms with E-state index in [9.17, 15) is 34.2 Å². The van der Waals surface area contributed by atoms with E-state index in [0.29, 0.717) is 31.8 Å². The fraction of sp³-hybridized carbons (Fsp3) is 0.364. The van der Waals surface area contributed by atoms with Gasteiger partial charge >= 0.3 is 17.3 Å². The number of piperazine rings is 1. The molecule has 0 aromatic heterocycles. The number of nitro benzene ring substituents is 2. The fourth-order valence-corrected chi connectivity index (χ4v) is 3.95. The lowest BCUT2D eigenvalue weighted by Crippen LogP contribution is -2.58. The summed E-state index contributed by atoms with van der Waals surface area (Å²) in [4.78, 5) is 48.5. The van der Waals surface area contributed by atoms with Gasteiger partial charge in [-0.25, -0.2) is 9.18 Å². The van der Waals surface area contributed by atoms with Crippen molar-refractivity contribution >= 4 is 23.3 Å². The molecule has 0 bridgehead atoms. The Kier molecular flexibility index (Phi) is 7.59. The number of amides is 1. The Morgan fingerprint density at radius 1 is 1.06 bits per heavy atom. The summed E-state index contributed by atoms with van der Waals surface area (Å²) >= 11 is 0. The molecule has 35 heavy (non-hydrogen) atoms. The predicted octanol–water partition coefficient (Wildman–Crippen LogP) is 2.84. The van der Waals surface area contributed by atoms with Crippen molar-refractivity contribution in [3.63, 3.8) is 0 Å². The van der Waals surface area contributed by atoms with Crippen molar-refractivity contribution in [3.05, 3.63) is 73.6 Å². The van der Waals surface area contributed by atoms with Gasteiger partial charge in [0.15, 0.2) is 6.61 Å². The Hall–Kier alpha value is -4.13. The van der Waals surface area contributed by atoms with Crippen molar-refractivity contribution in [1.82, 2.24) is 9.80 Å². The lowest BCUT2D eigenvalue weighted by Gasteiger charge is -2.44. The standard InChI is InChI=1S/C22H23FN4O8/c1-13-10-25(14(2)9-24(13)11-15-3-5-17(23)6-4-15)20(28)12-35-21-18(26(31)32)7-16(22(29)30)8-19(21)27(33)34/h3-8,13-14H,9-12H2,1-2H3,(H,29,30)/t13-,14+/m0/s1. The van der Waals surface area contributed by atoms with Gasteiger partial charge in [0.2, 0.25) is 0 Å². The number of halogens is 1. The molecule has 13 heteroatoms. The van der Waals surface area contributed by atoms with Gasteiger partial charge in [0.1, 0.15) is 5.82 Å². The SMILES string of the molecule is C[C@@H]1CN(Cc2ccc(F)cc2)[C@@H](C)CN1C(=O)COc1c([N+](=O)[O-])cc(C(=O)O)cc1[N+](=O)[O-]. The van der Waals surface area contributed by atoms with Crippen molar-refractivity contribution < 1.29 is 33.7 Å². The highest BCUT2D eigenvalue weighted by Crippen LogP contribution is 2.38. The summed E-state index contributed by atoms with van der Waals surface area (Å²) in [6.45, 7) is 4.39. The van der Waals surface area contributed by atoms with Gasteiger partial charge in [-0.2, -0.15) is 0 Å². The summed E-state index contributed by atoms with van der Waals surface area (Å²) in [7, 11) is 0. The molecule has 1 amide bonds. The molecule has 2 aromatic carbocycles. The number of carbonyl (C=O) groups excluding carboxylic acids is 1. The molecule has 0 unspecified atom stereocenters. The second kappa shape index (κ2) is 10.4. The van der Waals surface area contributed by atoms with Crippen LogP contribution in [0.2, 0.25) is 0 Å². The molecule has 2 atom stereocenters. The van der Waals surface area contributed by atoms with Gasteiger partial charge in [0.05, 0.1) is 15.4 Å². The Bertz CT molecular complexity index is 1120. The first-order chi connectivity index (χ1) is 16.5. The van der Waals surface area contributed by atoms with Gasteiger partial charge in [0, 0.05) is 43.9 Å². The Morgan fingerprint density at radius 2 is 1.63 bits per heavy atom. The van der Waals surface area contributed by atoms with Gasteiger partial charge in [-0.3, -0.25) is 29.9 Å². The van der Waals surface area contributed by atoms with Crippen molar-refractivity contribution in [2.24, 2.45) is 0 Å². The van der Waals surface area contributed by atoms with Crippen LogP contribution in [0.4, 0.5) is 15.8 Å². The van der Waals surface area contributed by atoms with Crippen LogP contribution in [0, 0.1) is 26.0 Å². The zero-order valence-corrected chi connectivity index (χ0v) is 18.9. The summed E-state index contributed by atoms with van der Waals surface area (Å²) in [5.41, 5.74) is -1.58. The summed E-state index contributed by atoms with van der Waals surface area (Å²) in [6, 6.07) is 7.09. The first-order valence-corrected chi connectivity index (χ1v) is 10.6. The fourth-order valence-electron chi connectivity index (χ4n) is 3.95. The third kappa shape index (κ3) is 5.87. The molecule has 1 saturated heterocycles. The highest BCUT2D eigenvalue weighted by Gasteiger charge is 2.34. The minimum atomic E-state index is -1.58. The third-order valence-corrected chi connectivity index (χ3v) is 5.76. The maximum atomic E-state index is 13.2. The van der Waals surface area contributed by atoms with Crippen molar-refractivity contribution in [1.29, 1.82) is 0 Å². The lowest BCUT2D eigenvalue weighted by atomic mass is 10.1. The second-order valence-corrected chi connectivity index (χ2v) is 8.25. The summed E-state index contributed by atoms with van der Waals surface area (Å²) in [6.07, 6.45) is 0. The average molecular weight is 490 g/mol. The van der Waals surface area contributed by atoms with Crippen LogP contribution in [-0.4, -0.2) is 68.4 Å². The molecule has 0 aliphatic carbocycles. The summed E-state index contributed by atoms with van der Waals surface area (Å²) in [5.74, 6) is -3.23. The van der Waals surface area contributed by atoms with E-state index >= 15 is 0 Å². The van der Waals surface area contributed by atoms with Crippen LogP contribution in [0.15, 0.2) is 36.4 Å². The molecule has 0 radical (unpaired) electrons. The average Bonchev–Trinajstić information content (AvgIpc) is 2.80. The monoisotopic (exact) mass is 490 g/mol. The Labute approximate surface area is 198 Å². The molecule has 186 valence electrons. The minimum absolute atomic E-state index is 0.0706. The van der Waals surface area contributed by atoms with Gasteiger partial charge in [-0.15, -0.1) is 0 Å². The van der Waals surface area contributed by atoms with E-state index < -0.39 is 51.0 Å². The predicted molar refractivity (Wildman–Crippen MR) is 120 cm³/mol. The van der Waals surface area contributed by atoms with Crippen LogP contribution in [0.1, 0.15) is 29.8 Å². The number of carboxylic acid groups (broad SMARTS) is 1. The zero-order valence-electron chi connectivity index (χ0n) is 18.9. The van der Waals surface area contributed by atoms with Crippen molar-refractivity contribution in [3.8, 4) is 5.75 Å². The molecule has 1 fully saturated rings. The topological polar surface area (TPSA) is 156 Å². The van der Waals surface area contributed by atoms with E-state index in [1.165, 1.54) is 17.0 Å². The van der Waals surface area contributed by atoms with Gasteiger partial charge in [-0.05, 0) is 31.5 Å². The number of hydrogen-bond donors (Lipinski definition) is 1. The smallest absolute Gasteiger partial charge is 0.336 e. The van der Waals surface area contributed by atoms with Crippen LogP contribution in [0.25, 0.3) is 0 Å². The van der Waals surface area contributed by atoms with Gasteiger partial charge in [-0.1, -0.05) is 12.1 Å². The van der Waals surface area contributed by atoms with E-state index in [1.807, 2.05) is 13.8 Å². The quantitative estimate of drug-likeness (QED) is 0.434. The number of nitrogens with zero attached hydrogens (tertiary/aromatic N) is 4. The molecule has 0 saturated carbocycles. The number of ether oxygens (including phenoxy) is 1. The Morgan fingerprint density at radius 3 is 2.14 bits per heavy atom. The van der Waals surface area contributed by atoms with Crippen LogP contribution in [-0.2, 0) is 11.3 Å². The Balaban J connectivity index is 1.73. The number of hydrogen-bond acceptors (Lipinski definition) is 8. The van der Waals surface area contributed by atoms with E-state index in [1.54, 1.807) is 12.1 Å². The number of carboxylic acids is 1. The van der Waals surface area contributed by atoms with E-state index in [0.717, 1.165) is 5.56 Å². The molecular weight excluding hydrogens is 467 g/mol. The van der Waals surface area contributed by atoms with E-state index in [-0.39, 0.29) is 17.9 Å². The maximum Gasteiger partial charge on any atom is 0.336 e. The minimum Gasteiger partial charge on any atom is -0.478 e. The van der Waals surface area contributed by atoms with Crippen LogP contribution in [0.5, 0.6) is 5.75 Å². The lowest BCUT2D eigenvalue weighted by molar-refractivity contribution is -0.396. The van der Waals surface area contributed by atoms with Gasteiger partial charge in [0.25, 0.3) is 11.7 Å². The summed E-state index contributed by atoms with van der Waals surface area (Å²) in [5, 5.41) is 31.9. The second-order valence-electron chi connectivity index (χ2n) is 8.25. The number of carbonyl (C=O) groups is 2. The third-order valence-electron chi connectivity index (χ3n) is 5.76. The normalized spacial score (nSPS) is 18.2. The molecule has 0 spiro atoms. The van der Waals surface area contributed by atoms with E-state index in [2.05, 4.69) is 4.90 Å². The molecule has 1 heterocycles. The molecule has 12 nitrogen and oxygen atoms in total.